The molecule has 2 fully saturated rings. The summed E-state index contributed by atoms with van der Waals surface area (Å²) in [5, 5.41) is 7.32. The first-order valence-electron chi connectivity index (χ1n) is 12.1. The van der Waals surface area contributed by atoms with Gasteiger partial charge in [-0.15, -0.1) is 0 Å². The number of carbonyl (C=O) groups is 2. The molecule has 0 aliphatic carbocycles. The lowest BCUT2D eigenvalue weighted by molar-refractivity contribution is -0.125. The molecule has 6 heteroatoms. The molecule has 1 unspecified atom stereocenters. The summed E-state index contributed by atoms with van der Waals surface area (Å²) in [6.45, 7) is 11.5. The van der Waals surface area contributed by atoms with Crippen LogP contribution in [0.15, 0.2) is 30.5 Å². The first-order chi connectivity index (χ1) is 15.1. The van der Waals surface area contributed by atoms with Crippen LogP contribution in [0.3, 0.4) is 0 Å². The Kier molecular flexibility index (Phi) is 6.35. The molecule has 2 aliphatic rings. The number of carbonyl (C=O) groups excluding carboxylic acids is 2. The van der Waals surface area contributed by atoms with E-state index in [1.807, 2.05) is 45.2 Å². The molecule has 3 heterocycles. The number of nitrogens with one attached hydrogen (secondary N) is 2. The number of hydrogen-bond acceptors (Lipinski definition) is 3. The summed E-state index contributed by atoms with van der Waals surface area (Å²) >= 11 is 0. The van der Waals surface area contributed by atoms with Crippen molar-refractivity contribution in [2.45, 2.75) is 84.0 Å². The van der Waals surface area contributed by atoms with E-state index >= 15 is 0 Å². The minimum Gasteiger partial charge on any atom is -0.352 e. The molecule has 2 aliphatic heterocycles. The van der Waals surface area contributed by atoms with E-state index in [4.69, 9.17) is 0 Å². The summed E-state index contributed by atoms with van der Waals surface area (Å²) in [6.07, 6.45) is 6.39. The van der Waals surface area contributed by atoms with Gasteiger partial charge in [-0.1, -0.05) is 18.2 Å². The maximum atomic E-state index is 13.1. The molecule has 174 valence electrons. The second-order valence-electron chi connectivity index (χ2n) is 11.0. The number of hydrogen-bond donors (Lipinski definition) is 2. The van der Waals surface area contributed by atoms with Crippen molar-refractivity contribution in [3.8, 4) is 0 Å². The fraction of sp³-hybridized carbons (Fsp3) is 0.615. The summed E-state index contributed by atoms with van der Waals surface area (Å²) in [5.74, 6) is 0.597. The van der Waals surface area contributed by atoms with Crippen molar-refractivity contribution in [3.63, 3.8) is 0 Å². The lowest BCUT2D eigenvalue weighted by Gasteiger charge is -2.39. The average Bonchev–Trinajstić information content (AvgIpc) is 3.19. The molecule has 0 spiro atoms. The van der Waals surface area contributed by atoms with Gasteiger partial charge in [-0.25, -0.2) is 0 Å². The van der Waals surface area contributed by atoms with Gasteiger partial charge in [-0.2, -0.15) is 0 Å². The Morgan fingerprint density at radius 2 is 1.75 bits per heavy atom. The highest BCUT2D eigenvalue weighted by molar-refractivity contribution is 6.07. The van der Waals surface area contributed by atoms with Crippen molar-refractivity contribution in [1.29, 1.82) is 0 Å². The number of fused-ring (bicyclic) bond motifs is 3. The van der Waals surface area contributed by atoms with Gasteiger partial charge in [-0.3, -0.25) is 14.5 Å². The minimum absolute atomic E-state index is 0.0138. The van der Waals surface area contributed by atoms with E-state index in [-0.39, 0.29) is 17.4 Å². The van der Waals surface area contributed by atoms with Gasteiger partial charge >= 0.3 is 0 Å². The van der Waals surface area contributed by atoms with Crippen molar-refractivity contribution in [2.75, 3.05) is 13.1 Å². The average molecular weight is 439 g/mol. The van der Waals surface area contributed by atoms with E-state index in [1.54, 1.807) is 0 Å². The second-order valence-corrected chi connectivity index (χ2v) is 11.0. The standard InChI is InChI=1S/C26H38N4O2/c1-17(2)29-15-22(21-8-6-7-9-23(21)29)25(32)27-14-18-12-19-10-11-20(13-18)30(19)16-24(31)28-26(3,4)5/h6-9,15,17-20H,10-14,16H2,1-5H3,(H,27,32)(H,28,31)/t18-,19-,20?/m1/s1. The Bertz CT molecular complexity index is 973. The molecule has 2 bridgehead atoms. The first-order valence-corrected chi connectivity index (χ1v) is 12.1. The van der Waals surface area contributed by atoms with Gasteiger partial charge in [0, 0.05) is 47.3 Å². The highest BCUT2D eigenvalue weighted by atomic mass is 16.2. The Labute approximate surface area is 191 Å². The molecular weight excluding hydrogens is 400 g/mol. The topological polar surface area (TPSA) is 66.4 Å². The molecule has 2 N–H and O–H groups in total. The third-order valence-corrected chi connectivity index (χ3v) is 6.92. The fourth-order valence-electron chi connectivity index (χ4n) is 5.58. The summed E-state index contributed by atoms with van der Waals surface area (Å²) in [5.41, 5.74) is 1.67. The van der Waals surface area contributed by atoms with Crippen LogP contribution < -0.4 is 10.6 Å². The van der Waals surface area contributed by atoms with Crippen molar-refractivity contribution < 1.29 is 9.59 Å². The smallest absolute Gasteiger partial charge is 0.253 e. The van der Waals surface area contributed by atoms with Gasteiger partial charge < -0.3 is 15.2 Å². The van der Waals surface area contributed by atoms with Crippen molar-refractivity contribution in [3.05, 3.63) is 36.0 Å². The van der Waals surface area contributed by atoms with Gasteiger partial charge in [0.05, 0.1) is 12.1 Å². The highest BCUT2D eigenvalue weighted by Crippen LogP contribution is 2.38. The molecule has 3 atom stereocenters. The van der Waals surface area contributed by atoms with Crippen molar-refractivity contribution >= 4 is 22.7 Å². The van der Waals surface area contributed by atoms with Gasteiger partial charge in [0.25, 0.3) is 5.91 Å². The molecule has 0 saturated carbocycles. The van der Waals surface area contributed by atoms with Gasteiger partial charge in [0.2, 0.25) is 5.91 Å². The summed E-state index contributed by atoms with van der Waals surface area (Å²) in [4.78, 5) is 27.9. The minimum atomic E-state index is -0.197. The van der Waals surface area contributed by atoms with E-state index in [2.05, 4.69) is 40.0 Å². The summed E-state index contributed by atoms with van der Waals surface area (Å²) in [6, 6.07) is 9.33. The second kappa shape index (κ2) is 8.89. The fourth-order valence-corrected chi connectivity index (χ4v) is 5.58. The third-order valence-electron chi connectivity index (χ3n) is 6.92. The van der Waals surface area contributed by atoms with Crippen LogP contribution in [0.25, 0.3) is 10.9 Å². The number of rotatable bonds is 6. The van der Waals surface area contributed by atoms with Gasteiger partial charge in [0.1, 0.15) is 0 Å². The zero-order valence-corrected chi connectivity index (χ0v) is 20.1. The number of nitrogens with zero attached hydrogens (tertiary/aromatic N) is 2. The Morgan fingerprint density at radius 1 is 1.09 bits per heavy atom. The predicted octanol–water partition coefficient (Wildman–Crippen LogP) is 4.11. The number of amides is 2. The predicted molar refractivity (Wildman–Crippen MR) is 129 cm³/mol. The van der Waals surface area contributed by atoms with E-state index in [0.29, 0.717) is 37.1 Å². The normalized spacial score (nSPS) is 23.6. The van der Waals surface area contributed by atoms with Crippen LogP contribution in [-0.2, 0) is 4.79 Å². The van der Waals surface area contributed by atoms with Crippen molar-refractivity contribution in [1.82, 2.24) is 20.1 Å². The molecule has 6 nitrogen and oxygen atoms in total. The van der Waals surface area contributed by atoms with Gasteiger partial charge in [-0.05, 0) is 72.3 Å². The van der Waals surface area contributed by atoms with E-state index in [1.165, 1.54) is 0 Å². The molecule has 0 radical (unpaired) electrons. The highest BCUT2D eigenvalue weighted by Gasteiger charge is 2.41. The zero-order chi connectivity index (χ0) is 23.0. The maximum absolute atomic E-state index is 13.1. The van der Waals surface area contributed by atoms with E-state index in [9.17, 15) is 9.59 Å². The molecular formula is C26H38N4O2. The van der Waals surface area contributed by atoms with Crippen LogP contribution in [0, 0.1) is 5.92 Å². The lowest BCUT2D eigenvalue weighted by Crippen LogP contribution is -2.52. The molecule has 32 heavy (non-hydrogen) atoms. The summed E-state index contributed by atoms with van der Waals surface area (Å²) < 4.78 is 2.17. The molecule has 2 saturated heterocycles. The van der Waals surface area contributed by atoms with Crippen LogP contribution >= 0.6 is 0 Å². The molecule has 2 amide bonds. The SMILES string of the molecule is CC(C)n1cc(C(=O)NC[C@H]2CC3CC[C@H](C2)N3CC(=O)NC(C)(C)C)c2ccccc21. The third kappa shape index (κ3) is 4.85. The zero-order valence-electron chi connectivity index (χ0n) is 20.1. The molecule has 2 aromatic rings. The van der Waals surface area contributed by atoms with E-state index < -0.39 is 0 Å². The molecule has 1 aromatic heterocycles. The number of piperidine rings is 1. The van der Waals surface area contributed by atoms with E-state index in [0.717, 1.165) is 42.1 Å². The van der Waals surface area contributed by atoms with Gasteiger partial charge in [0.15, 0.2) is 0 Å². The van der Waals surface area contributed by atoms with Crippen LogP contribution in [0.2, 0.25) is 0 Å². The van der Waals surface area contributed by atoms with Crippen LogP contribution in [0.5, 0.6) is 0 Å². The lowest BCUT2D eigenvalue weighted by atomic mass is 9.90. The van der Waals surface area contributed by atoms with Crippen LogP contribution in [0.4, 0.5) is 0 Å². The Balaban J connectivity index is 1.36. The van der Waals surface area contributed by atoms with Crippen LogP contribution in [-0.4, -0.2) is 52.0 Å². The Hall–Kier alpha value is -2.34. The van der Waals surface area contributed by atoms with Crippen molar-refractivity contribution in [2.24, 2.45) is 5.92 Å². The molecule has 4 rings (SSSR count). The number of para-hydroxylation sites is 1. The number of aromatic nitrogens is 1. The number of benzene rings is 1. The summed E-state index contributed by atoms with van der Waals surface area (Å²) in [7, 11) is 0. The Morgan fingerprint density at radius 3 is 2.38 bits per heavy atom. The largest absolute Gasteiger partial charge is 0.352 e. The monoisotopic (exact) mass is 438 g/mol. The first kappa shape index (κ1) is 22.8. The molecule has 1 aromatic carbocycles. The quantitative estimate of drug-likeness (QED) is 0.713. The maximum Gasteiger partial charge on any atom is 0.253 e. The van der Waals surface area contributed by atoms with Crippen LogP contribution in [0.1, 0.15) is 76.7 Å².